The summed E-state index contributed by atoms with van der Waals surface area (Å²) in [4.78, 5) is 55.0. The minimum atomic E-state index is -2.01. The van der Waals surface area contributed by atoms with Crippen molar-refractivity contribution in [1.29, 1.82) is 0 Å². The van der Waals surface area contributed by atoms with Crippen LogP contribution in [0.5, 0.6) is 0 Å². The van der Waals surface area contributed by atoms with Crippen LogP contribution in [0.25, 0.3) is 11.1 Å². The van der Waals surface area contributed by atoms with Crippen LogP contribution in [0.2, 0.25) is 0 Å². The molecule has 2 heterocycles. The Labute approximate surface area is 252 Å². The third kappa shape index (κ3) is 6.40. The van der Waals surface area contributed by atoms with E-state index in [1.165, 1.54) is 0 Å². The van der Waals surface area contributed by atoms with Gasteiger partial charge in [0.2, 0.25) is 5.79 Å². The van der Waals surface area contributed by atoms with E-state index in [2.05, 4.69) is 0 Å². The molecule has 234 valence electrons. The zero-order valence-electron chi connectivity index (χ0n) is 27.0. The molecule has 0 saturated carbocycles. The van der Waals surface area contributed by atoms with Crippen molar-refractivity contribution in [2.45, 2.75) is 123 Å². The number of rotatable bonds is 4. The number of carbonyl (C=O) groups excluding carboxylic acids is 4. The average molecular weight is 599 g/mol. The van der Waals surface area contributed by atoms with Crippen LogP contribution in [0.15, 0.2) is 35.4 Å². The van der Waals surface area contributed by atoms with Gasteiger partial charge in [0.1, 0.15) is 22.4 Å². The van der Waals surface area contributed by atoms with E-state index in [4.69, 9.17) is 28.4 Å². The third-order valence-corrected chi connectivity index (χ3v) is 6.23. The van der Waals surface area contributed by atoms with E-state index in [1.807, 2.05) is 0 Å². The highest BCUT2D eigenvalue weighted by Gasteiger charge is 2.67. The predicted molar refractivity (Wildman–Crippen MR) is 156 cm³/mol. The van der Waals surface area contributed by atoms with Crippen molar-refractivity contribution in [2.75, 3.05) is 0 Å². The summed E-state index contributed by atoms with van der Waals surface area (Å²) < 4.78 is 35.6. The van der Waals surface area contributed by atoms with Crippen molar-refractivity contribution in [3.8, 4) is 0 Å². The quantitative estimate of drug-likeness (QED) is 0.343. The molecule has 1 aromatic carbocycles. The number of carbonyl (C=O) groups is 4. The number of benzene rings is 1. The largest absolute Gasteiger partial charge is 0.458 e. The number of hydrogen-bond acceptors (Lipinski definition) is 10. The van der Waals surface area contributed by atoms with E-state index in [9.17, 15) is 19.2 Å². The molecule has 0 N–H and O–H groups in total. The summed E-state index contributed by atoms with van der Waals surface area (Å²) in [6.45, 7) is 20.3. The second-order valence-electron chi connectivity index (χ2n) is 14.8. The van der Waals surface area contributed by atoms with Crippen LogP contribution in [0.3, 0.4) is 0 Å². The van der Waals surface area contributed by atoms with Crippen LogP contribution in [-0.4, -0.2) is 64.3 Å². The molecule has 1 aliphatic carbocycles. The van der Waals surface area contributed by atoms with Crippen LogP contribution in [0.1, 0.15) is 94.2 Å². The highest BCUT2D eigenvalue weighted by Crippen LogP contribution is 2.62. The Hall–Kier alpha value is -3.50. The molecular weight excluding hydrogens is 556 g/mol. The fourth-order valence-corrected chi connectivity index (χ4v) is 5.15. The van der Waals surface area contributed by atoms with Gasteiger partial charge in [0, 0.05) is 11.1 Å². The highest BCUT2D eigenvalue weighted by atomic mass is 16.7. The highest BCUT2D eigenvalue weighted by molar-refractivity contribution is 6.19. The maximum absolute atomic E-state index is 13.9. The molecule has 0 unspecified atom stereocenters. The van der Waals surface area contributed by atoms with E-state index >= 15 is 0 Å². The van der Waals surface area contributed by atoms with Crippen molar-refractivity contribution in [1.82, 2.24) is 0 Å². The van der Waals surface area contributed by atoms with Gasteiger partial charge in [0.15, 0.2) is 12.2 Å². The summed E-state index contributed by atoms with van der Waals surface area (Å²) in [5.41, 5.74) is -2.69. The van der Waals surface area contributed by atoms with Gasteiger partial charge < -0.3 is 28.4 Å². The Morgan fingerprint density at radius 1 is 0.558 bits per heavy atom. The van der Waals surface area contributed by atoms with Gasteiger partial charge in [0.05, 0.1) is 11.1 Å². The van der Waals surface area contributed by atoms with Crippen molar-refractivity contribution in [3.63, 3.8) is 0 Å². The number of esters is 4. The minimum absolute atomic E-state index is 0.139. The van der Waals surface area contributed by atoms with Gasteiger partial charge in [-0.3, -0.25) is 0 Å². The SMILES string of the molecule is CC(C)(C)OC(=O)C1=C2c3ccccc3C3=C(C(=O)OC(C)(C)C)[C@@H](C(=O)OC(C)(C)C)OC23O[C@@H]1C(=O)OC(C)(C)C. The summed E-state index contributed by atoms with van der Waals surface area (Å²) in [5, 5.41) is 0. The lowest BCUT2D eigenvalue weighted by molar-refractivity contribution is -0.207. The third-order valence-electron chi connectivity index (χ3n) is 6.23. The Morgan fingerprint density at radius 3 is 1.14 bits per heavy atom. The predicted octanol–water partition coefficient (Wildman–Crippen LogP) is 5.07. The molecule has 0 radical (unpaired) electrons. The number of ether oxygens (including phenoxy) is 6. The fourth-order valence-electron chi connectivity index (χ4n) is 5.15. The van der Waals surface area contributed by atoms with E-state index in [0.717, 1.165) is 0 Å². The monoisotopic (exact) mass is 598 g/mol. The Morgan fingerprint density at radius 2 is 0.860 bits per heavy atom. The maximum atomic E-state index is 13.9. The molecule has 0 aromatic heterocycles. The van der Waals surface area contributed by atoms with Crippen molar-refractivity contribution in [2.24, 2.45) is 0 Å². The summed E-state index contributed by atoms with van der Waals surface area (Å²) in [6, 6.07) is 6.93. The molecule has 2 atom stereocenters. The second-order valence-corrected chi connectivity index (χ2v) is 14.8. The number of hydrogen-bond donors (Lipinski definition) is 0. The first-order chi connectivity index (χ1) is 19.4. The van der Waals surface area contributed by atoms with Crippen molar-refractivity contribution < 1.29 is 47.6 Å². The van der Waals surface area contributed by atoms with E-state index in [-0.39, 0.29) is 22.3 Å². The molecule has 10 nitrogen and oxygen atoms in total. The lowest BCUT2D eigenvalue weighted by Crippen LogP contribution is -2.41. The fraction of sp³-hybridized carbons (Fsp3) is 0.576. The lowest BCUT2D eigenvalue weighted by atomic mass is 9.97. The van der Waals surface area contributed by atoms with Gasteiger partial charge in [-0.05, 0) is 94.2 Å². The first-order valence-corrected chi connectivity index (χ1v) is 14.3. The average Bonchev–Trinajstić information content (AvgIpc) is 3.37. The Bertz CT molecular complexity index is 1320. The summed E-state index contributed by atoms with van der Waals surface area (Å²) in [7, 11) is 0. The maximum Gasteiger partial charge on any atom is 0.340 e. The molecule has 0 fully saturated rings. The molecule has 10 heteroatoms. The summed E-state index contributed by atoms with van der Waals surface area (Å²) in [5.74, 6) is -5.37. The number of fused-ring (bicyclic) bond motifs is 3. The molecule has 1 aromatic rings. The van der Waals surface area contributed by atoms with Crippen molar-refractivity contribution >= 4 is 35.0 Å². The van der Waals surface area contributed by atoms with Crippen LogP contribution < -0.4 is 0 Å². The van der Waals surface area contributed by atoms with E-state index < -0.39 is 64.3 Å². The summed E-state index contributed by atoms with van der Waals surface area (Å²) >= 11 is 0. The van der Waals surface area contributed by atoms with Crippen LogP contribution in [0.4, 0.5) is 0 Å². The zero-order chi connectivity index (χ0) is 32.5. The van der Waals surface area contributed by atoms with Crippen molar-refractivity contribution in [3.05, 3.63) is 46.5 Å². The topological polar surface area (TPSA) is 124 Å². The standard InChI is InChI=1S/C33H42O10/c1-29(2,3)40-25(34)19-21-17-15-13-14-16-18(17)22-20(26(35)41-30(4,5)6)24(28(37)43-32(10,11)12)39-33(21,22)38-23(19)27(36)42-31(7,8)9/h13-16,23-24H,1-12H3/t23-,24-,33?/m0/s1. The van der Waals surface area contributed by atoms with E-state index in [1.54, 1.807) is 107 Å². The Balaban J connectivity index is 2.04. The van der Waals surface area contributed by atoms with Gasteiger partial charge in [-0.2, -0.15) is 0 Å². The van der Waals surface area contributed by atoms with Crippen LogP contribution >= 0.6 is 0 Å². The molecule has 0 amide bonds. The second kappa shape index (κ2) is 10.3. The summed E-state index contributed by atoms with van der Waals surface area (Å²) in [6.07, 6.45) is -3.19. The first kappa shape index (κ1) is 32.4. The molecule has 0 saturated heterocycles. The molecular formula is C33H42O10. The lowest BCUT2D eigenvalue weighted by Gasteiger charge is -2.28. The normalized spacial score (nSPS) is 21.2. The first-order valence-electron chi connectivity index (χ1n) is 14.3. The minimum Gasteiger partial charge on any atom is -0.458 e. The molecule has 1 spiro atoms. The molecule has 3 aliphatic rings. The van der Waals surface area contributed by atoms with Gasteiger partial charge in [-0.15, -0.1) is 0 Å². The van der Waals surface area contributed by atoms with Crippen LogP contribution in [-0.2, 0) is 47.6 Å². The molecule has 0 bridgehead atoms. The molecule has 43 heavy (non-hydrogen) atoms. The van der Waals surface area contributed by atoms with Gasteiger partial charge >= 0.3 is 23.9 Å². The van der Waals surface area contributed by atoms with Crippen LogP contribution in [0, 0.1) is 0 Å². The van der Waals surface area contributed by atoms with Gasteiger partial charge in [-0.1, -0.05) is 24.3 Å². The molecule has 2 aliphatic heterocycles. The Kier molecular flexibility index (Phi) is 7.76. The van der Waals surface area contributed by atoms with Gasteiger partial charge in [-0.25, -0.2) is 19.2 Å². The van der Waals surface area contributed by atoms with E-state index in [0.29, 0.717) is 11.1 Å². The molecule has 4 rings (SSSR count). The smallest absolute Gasteiger partial charge is 0.340 e. The van der Waals surface area contributed by atoms with Gasteiger partial charge in [0.25, 0.3) is 0 Å². The zero-order valence-corrected chi connectivity index (χ0v) is 27.0.